The summed E-state index contributed by atoms with van der Waals surface area (Å²) >= 11 is 0. The van der Waals surface area contributed by atoms with Crippen molar-refractivity contribution in [3.8, 4) is 22.9 Å². The summed E-state index contributed by atoms with van der Waals surface area (Å²) in [6.07, 6.45) is 2.30. The lowest BCUT2D eigenvalue weighted by molar-refractivity contribution is -0.384. The molecule has 11 nitrogen and oxygen atoms in total. The van der Waals surface area contributed by atoms with Crippen LogP contribution >= 0.6 is 0 Å². The molecule has 0 unspecified atom stereocenters. The summed E-state index contributed by atoms with van der Waals surface area (Å²) in [5, 5.41) is 15.0. The third-order valence-electron chi connectivity index (χ3n) is 5.52. The van der Waals surface area contributed by atoms with Crippen molar-refractivity contribution in [1.82, 2.24) is 15.0 Å². The van der Waals surface area contributed by atoms with Gasteiger partial charge in [0.05, 0.1) is 25.4 Å². The first kappa shape index (κ1) is 24.5. The van der Waals surface area contributed by atoms with Crippen LogP contribution in [0.3, 0.4) is 0 Å². The molecule has 2 aromatic heterocycles. The molecule has 2 heterocycles. The lowest BCUT2D eigenvalue weighted by Gasteiger charge is -2.21. The molecule has 4 rings (SSSR count). The number of nitro groups is 1. The summed E-state index contributed by atoms with van der Waals surface area (Å²) in [5.41, 5.74) is 1.37. The van der Waals surface area contributed by atoms with E-state index in [4.69, 9.17) is 18.4 Å². The van der Waals surface area contributed by atoms with Crippen molar-refractivity contribution in [2.24, 2.45) is 0 Å². The number of hydrogen-bond acceptors (Lipinski definition) is 9. The van der Waals surface area contributed by atoms with E-state index in [0.29, 0.717) is 48.9 Å². The van der Waals surface area contributed by atoms with Gasteiger partial charge >= 0.3 is 0 Å². The molecule has 0 bridgehead atoms. The Morgan fingerprint density at radius 3 is 2.56 bits per heavy atom. The van der Waals surface area contributed by atoms with Gasteiger partial charge in [0.2, 0.25) is 11.7 Å². The van der Waals surface area contributed by atoms with Crippen molar-refractivity contribution in [3.63, 3.8) is 0 Å². The molecular weight excluding hydrogens is 468 g/mol. The van der Waals surface area contributed by atoms with Gasteiger partial charge in [-0.15, -0.1) is 0 Å². The van der Waals surface area contributed by atoms with E-state index in [1.54, 1.807) is 43.4 Å². The second-order valence-corrected chi connectivity index (χ2v) is 7.78. The zero-order valence-corrected chi connectivity index (χ0v) is 19.7. The Morgan fingerprint density at radius 1 is 1.03 bits per heavy atom. The molecule has 0 aliphatic heterocycles. The zero-order valence-electron chi connectivity index (χ0n) is 19.7. The molecule has 186 valence electrons. The van der Waals surface area contributed by atoms with Crippen LogP contribution in [0.25, 0.3) is 11.4 Å². The predicted molar refractivity (Wildman–Crippen MR) is 128 cm³/mol. The highest BCUT2D eigenvalue weighted by Gasteiger charge is 2.20. The molecule has 0 saturated carbocycles. The van der Waals surface area contributed by atoms with Gasteiger partial charge in [0.1, 0.15) is 0 Å². The van der Waals surface area contributed by atoms with Crippen molar-refractivity contribution in [1.29, 1.82) is 0 Å². The summed E-state index contributed by atoms with van der Waals surface area (Å²) in [6, 6.07) is 14.9. The number of ether oxygens (including phenoxy) is 2. The molecule has 11 heteroatoms. The van der Waals surface area contributed by atoms with Gasteiger partial charge in [-0.3, -0.25) is 14.9 Å². The third-order valence-corrected chi connectivity index (χ3v) is 5.52. The number of hydrogen-bond donors (Lipinski definition) is 0. The van der Waals surface area contributed by atoms with Crippen molar-refractivity contribution < 1.29 is 28.1 Å². The number of benzene rings is 2. The maximum absolute atomic E-state index is 13.1. The first-order valence-electron chi connectivity index (χ1n) is 11.1. The monoisotopic (exact) mass is 492 g/mol. The van der Waals surface area contributed by atoms with Crippen molar-refractivity contribution in [3.05, 3.63) is 88.2 Å². The number of methoxy groups -OCH3 is 2. The van der Waals surface area contributed by atoms with Crippen molar-refractivity contribution in [2.45, 2.75) is 12.8 Å². The number of amides is 1. The Hall–Kier alpha value is -4.67. The summed E-state index contributed by atoms with van der Waals surface area (Å²) < 4.78 is 21.3. The predicted octanol–water partition coefficient (Wildman–Crippen LogP) is 4.18. The van der Waals surface area contributed by atoms with Crippen LogP contribution in [0.4, 0.5) is 5.69 Å². The largest absolute Gasteiger partial charge is 0.493 e. The minimum Gasteiger partial charge on any atom is -0.493 e. The van der Waals surface area contributed by atoms with Gasteiger partial charge in [-0.05, 0) is 36.2 Å². The van der Waals surface area contributed by atoms with Crippen LogP contribution in [0.1, 0.15) is 22.0 Å². The first-order chi connectivity index (χ1) is 17.5. The van der Waals surface area contributed by atoms with Crippen molar-refractivity contribution in [2.75, 3.05) is 27.3 Å². The molecule has 0 aliphatic carbocycles. The van der Waals surface area contributed by atoms with E-state index in [1.807, 2.05) is 18.2 Å². The topological polar surface area (TPSA) is 134 Å². The highest BCUT2D eigenvalue weighted by Crippen LogP contribution is 2.28. The fourth-order valence-electron chi connectivity index (χ4n) is 3.63. The first-order valence-corrected chi connectivity index (χ1v) is 11.1. The van der Waals surface area contributed by atoms with Gasteiger partial charge in [0, 0.05) is 37.2 Å². The smallest absolute Gasteiger partial charge is 0.289 e. The average Bonchev–Trinajstić information content (AvgIpc) is 3.61. The number of carbonyl (C=O) groups excluding carboxylic acids is 1. The van der Waals surface area contributed by atoms with Gasteiger partial charge in [0.25, 0.3) is 11.6 Å². The van der Waals surface area contributed by atoms with Gasteiger partial charge < -0.3 is 23.3 Å². The molecule has 0 aliphatic rings. The van der Waals surface area contributed by atoms with E-state index in [9.17, 15) is 14.9 Å². The van der Waals surface area contributed by atoms with E-state index in [1.165, 1.54) is 18.4 Å². The molecule has 4 aromatic rings. The number of nitrogens with zero attached hydrogens (tertiary/aromatic N) is 4. The molecule has 0 N–H and O–H groups in total. The Morgan fingerprint density at radius 2 is 1.83 bits per heavy atom. The Balaban J connectivity index is 1.46. The van der Waals surface area contributed by atoms with Crippen LogP contribution in [0.2, 0.25) is 0 Å². The average molecular weight is 492 g/mol. The minimum absolute atomic E-state index is 0.0655. The Bertz CT molecular complexity index is 1330. The van der Waals surface area contributed by atoms with Gasteiger partial charge in [-0.25, -0.2) is 0 Å². The molecule has 0 atom stereocenters. The number of aromatic nitrogens is 2. The molecule has 0 saturated heterocycles. The quantitative estimate of drug-likeness (QED) is 0.223. The van der Waals surface area contributed by atoms with Crippen LogP contribution in [0, 0.1) is 10.1 Å². The van der Waals surface area contributed by atoms with E-state index in [-0.39, 0.29) is 23.2 Å². The molecule has 1 amide bonds. The molecule has 0 radical (unpaired) electrons. The van der Waals surface area contributed by atoms with Crippen LogP contribution in [-0.4, -0.2) is 53.2 Å². The van der Waals surface area contributed by atoms with Gasteiger partial charge in [0.15, 0.2) is 17.3 Å². The lowest BCUT2D eigenvalue weighted by Crippen LogP contribution is -2.34. The van der Waals surface area contributed by atoms with Crippen LogP contribution in [0.15, 0.2) is 69.8 Å². The van der Waals surface area contributed by atoms with Crippen LogP contribution < -0.4 is 9.47 Å². The Kier molecular flexibility index (Phi) is 7.59. The molecule has 0 spiro atoms. The number of carbonyl (C=O) groups is 1. The number of nitro benzene ring substituents is 1. The summed E-state index contributed by atoms with van der Waals surface area (Å²) in [6.45, 7) is 0.699. The normalized spacial score (nSPS) is 10.7. The van der Waals surface area contributed by atoms with E-state index in [0.717, 1.165) is 5.56 Å². The van der Waals surface area contributed by atoms with E-state index < -0.39 is 4.92 Å². The summed E-state index contributed by atoms with van der Waals surface area (Å²) in [5.74, 6) is 1.74. The van der Waals surface area contributed by atoms with Crippen molar-refractivity contribution >= 4 is 11.6 Å². The minimum atomic E-state index is -0.485. The highest BCUT2D eigenvalue weighted by atomic mass is 16.6. The van der Waals surface area contributed by atoms with Gasteiger partial charge in [-0.1, -0.05) is 23.4 Å². The fourth-order valence-corrected chi connectivity index (χ4v) is 3.63. The lowest BCUT2D eigenvalue weighted by atomic mass is 10.1. The highest BCUT2D eigenvalue weighted by molar-refractivity contribution is 5.91. The summed E-state index contributed by atoms with van der Waals surface area (Å²) in [7, 11) is 3.14. The Labute approximate surface area is 206 Å². The zero-order chi connectivity index (χ0) is 25.5. The SMILES string of the molecule is COc1ccc(CCN(CCc2nc(-c3cccc([N+](=O)[O-])c3)no2)C(=O)c2ccco2)cc1OC. The molecular formula is C25H24N4O7. The summed E-state index contributed by atoms with van der Waals surface area (Å²) in [4.78, 5) is 29.6. The van der Waals surface area contributed by atoms with Crippen LogP contribution in [-0.2, 0) is 12.8 Å². The number of rotatable bonds is 11. The number of non-ortho nitro benzene ring substituents is 1. The molecule has 0 fully saturated rings. The van der Waals surface area contributed by atoms with Crippen LogP contribution in [0.5, 0.6) is 11.5 Å². The maximum Gasteiger partial charge on any atom is 0.289 e. The fraction of sp³-hybridized carbons (Fsp3) is 0.240. The second-order valence-electron chi connectivity index (χ2n) is 7.78. The van der Waals surface area contributed by atoms with E-state index in [2.05, 4.69) is 10.1 Å². The van der Waals surface area contributed by atoms with Gasteiger partial charge in [-0.2, -0.15) is 4.98 Å². The molecule has 36 heavy (non-hydrogen) atoms. The second kappa shape index (κ2) is 11.2. The third kappa shape index (κ3) is 5.69. The standard InChI is InChI=1S/C25H24N4O7/c1-33-20-9-8-17(15-22(20)34-2)10-12-28(25(30)21-7-4-14-35-21)13-11-23-26-24(27-36-23)18-5-3-6-19(16-18)29(31)32/h3-9,14-16H,10-13H2,1-2H3. The molecule has 2 aromatic carbocycles. The maximum atomic E-state index is 13.1. The van der Waals surface area contributed by atoms with E-state index >= 15 is 0 Å². The number of furan rings is 1.